The largest absolute Gasteiger partial charge is 0.481 e. The first-order valence-corrected chi connectivity index (χ1v) is 8.26. The quantitative estimate of drug-likeness (QED) is 0.673. The molecule has 0 saturated heterocycles. The van der Waals surface area contributed by atoms with E-state index in [0.717, 1.165) is 4.90 Å². The lowest BCUT2D eigenvalue weighted by atomic mass is 10.1. The van der Waals surface area contributed by atoms with Gasteiger partial charge in [0.25, 0.3) is 11.8 Å². The fourth-order valence-electron chi connectivity index (χ4n) is 2.78. The molecule has 2 aromatic carbocycles. The molecule has 2 aromatic rings. The number of carboxylic acids is 1. The Balaban J connectivity index is 1.48. The summed E-state index contributed by atoms with van der Waals surface area (Å²) in [5.41, 5.74) is 1.86. The summed E-state index contributed by atoms with van der Waals surface area (Å²) >= 11 is 0. The van der Waals surface area contributed by atoms with Crippen LogP contribution < -0.4 is 10.6 Å². The molecule has 0 aliphatic carbocycles. The van der Waals surface area contributed by atoms with Gasteiger partial charge < -0.3 is 15.7 Å². The van der Waals surface area contributed by atoms with Crippen molar-refractivity contribution in [2.45, 2.75) is 6.42 Å². The molecule has 4 amide bonds. The number of nitrogens with one attached hydrogen (secondary N) is 2. The number of nitrogens with zero attached hydrogens (tertiary/aromatic N) is 1. The van der Waals surface area contributed by atoms with Crippen LogP contribution in [0.15, 0.2) is 48.5 Å². The van der Waals surface area contributed by atoms with E-state index in [1.165, 1.54) is 0 Å². The molecule has 1 aliphatic rings. The number of fused-ring (bicyclic) bond motifs is 1. The number of aliphatic carboxylic acids is 1. The molecule has 1 aliphatic heterocycles. The van der Waals surface area contributed by atoms with Crippen molar-refractivity contribution in [3.8, 4) is 0 Å². The van der Waals surface area contributed by atoms with Crippen molar-refractivity contribution in [3.05, 3.63) is 65.2 Å². The number of rotatable bonds is 6. The number of anilines is 1. The molecular formula is C19H17N3O5. The van der Waals surface area contributed by atoms with Gasteiger partial charge in [-0.25, -0.2) is 4.79 Å². The smallest absolute Gasteiger partial charge is 0.319 e. The standard InChI is InChI=1S/C19H17N3O5/c23-16(24)11-12-5-7-13(8-6-12)21-19(27)20-9-10-22-17(25)14-3-1-2-4-15(14)18(22)26/h1-8H,9-11H2,(H,23,24)(H2,20,21,27). The monoisotopic (exact) mass is 367 g/mol. The van der Waals surface area contributed by atoms with Gasteiger partial charge in [-0.1, -0.05) is 24.3 Å². The van der Waals surface area contributed by atoms with Crippen molar-refractivity contribution in [1.82, 2.24) is 10.2 Å². The van der Waals surface area contributed by atoms with Gasteiger partial charge in [0.15, 0.2) is 0 Å². The molecule has 0 radical (unpaired) electrons. The predicted molar refractivity (Wildman–Crippen MR) is 96.6 cm³/mol. The Bertz CT molecular complexity index is 873. The SMILES string of the molecule is O=C(O)Cc1ccc(NC(=O)NCCN2C(=O)c3ccccc3C2=O)cc1. The Hall–Kier alpha value is -3.68. The number of carbonyl (C=O) groups is 4. The van der Waals surface area contributed by atoms with E-state index in [1.54, 1.807) is 48.5 Å². The highest BCUT2D eigenvalue weighted by Crippen LogP contribution is 2.21. The third-order valence-corrected chi connectivity index (χ3v) is 4.07. The number of benzene rings is 2. The first-order valence-electron chi connectivity index (χ1n) is 8.26. The maximum atomic E-state index is 12.2. The summed E-state index contributed by atoms with van der Waals surface area (Å²) in [6.45, 7) is 0.172. The average Bonchev–Trinajstić information content (AvgIpc) is 2.88. The van der Waals surface area contributed by atoms with Crippen LogP contribution in [0.4, 0.5) is 10.5 Å². The first-order chi connectivity index (χ1) is 13.0. The molecule has 0 atom stereocenters. The van der Waals surface area contributed by atoms with Crippen LogP contribution in [0.2, 0.25) is 0 Å². The minimum atomic E-state index is -0.929. The zero-order valence-electron chi connectivity index (χ0n) is 14.3. The summed E-state index contributed by atoms with van der Waals surface area (Å²) in [6.07, 6.45) is -0.0905. The Morgan fingerprint density at radius 1 is 0.926 bits per heavy atom. The van der Waals surface area contributed by atoms with Gasteiger partial charge in [-0.15, -0.1) is 0 Å². The number of carboxylic acid groups (broad SMARTS) is 1. The van der Waals surface area contributed by atoms with Gasteiger partial charge in [0, 0.05) is 18.8 Å². The summed E-state index contributed by atoms with van der Waals surface area (Å²) < 4.78 is 0. The topological polar surface area (TPSA) is 116 Å². The minimum Gasteiger partial charge on any atom is -0.481 e. The third-order valence-electron chi connectivity index (χ3n) is 4.07. The summed E-state index contributed by atoms with van der Waals surface area (Å²) in [4.78, 5) is 48.1. The van der Waals surface area contributed by atoms with E-state index < -0.39 is 12.0 Å². The molecule has 138 valence electrons. The van der Waals surface area contributed by atoms with Crippen molar-refractivity contribution in [2.75, 3.05) is 18.4 Å². The maximum Gasteiger partial charge on any atom is 0.319 e. The zero-order valence-corrected chi connectivity index (χ0v) is 14.3. The fourth-order valence-corrected chi connectivity index (χ4v) is 2.78. The highest BCUT2D eigenvalue weighted by molar-refractivity contribution is 6.21. The summed E-state index contributed by atoms with van der Waals surface area (Å²) in [5.74, 6) is -1.67. The van der Waals surface area contributed by atoms with Crippen molar-refractivity contribution < 1.29 is 24.3 Å². The fraction of sp³-hybridized carbons (Fsp3) is 0.158. The van der Waals surface area contributed by atoms with Crippen molar-refractivity contribution in [1.29, 1.82) is 0 Å². The minimum absolute atomic E-state index is 0.0668. The number of amides is 4. The van der Waals surface area contributed by atoms with Crippen molar-refractivity contribution in [3.63, 3.8) is 0 Å². The van der Waals surface area contributed by atoms with Crippen LogP contribution in [0.25, 0.3) is 0 Å². The second-order valence-electron chi connectivity index (χ2n) is 5.96. The van der Waals surface area contributed by atoms with Gasteiger partial charge >= 0.3 is 12.0 Å². The predicted octanol–water partition coefficient (Wildman–Crippen LogP) is 1.73. The Morgan fingerprint density at radius 2 is 1.52 bits per heavy atom. The summed E-state index contributed by atoms with van der Waals surface area (Å²) in [5, 5.41) is 13.9. The molecule has 0 spiro atoms. The third kappa shape index (κ3) is 4.12. The second kappa shape index (κ2) is 7.69. The number of imide groups is 1. The molecule has 8 heteroatoms. The van der Waals surface area contributed by atoms with Crippen molar-refractivity contribution in [2.24, 2.45) is 0 Å². The van der Waals surface area contributed by atoms with E-state index >= 15 is 0 Å². The van der Waals surface area contributed by atoms with Crippen LogP contribution in [-0.2, 0) is 11.2 Å². The molecule has 3 N–H and O–H groups in total. The lowest BCUT2D eigenvalue weighted by molar-refractivity contribution is -0.136. The van der Waals surface area contributed by atoms with Gasteiger partial charge in [-0.05, 0) is 29.8 Å². The van der Waals surface area contributed by atoms with E-state index in [-0.39, 0.29) is 31.3 Å². The van der Waals surface area contributed by atoms with Crippen LogP contribution in [0, 0.1) is 0 Å². The van der Waals surface area contributed by atoms with Crippen molar-refractivity contribution >= 4 is 29.5 Å². The van der Waals surface area contributed by atoms with E-state index in [4.69, 9.17) is 5.11 Å². The molecule has 27 heavy (non-hydrogen) atoms. The molecule has 0 bridgehead atoms. The highest BCUT2D eigenvalue weighted by atomic mass is 16.4. The molecule has 1 heterocycles. The number of urea groups is 1. The summed E-state index contributed by atoms with van der Waals surface area (Å²) in [6, 6.07) is 12.5. The number of hydrogen-bond acceptors (Lipinski definition) is 4. The normalized spacial score (nSPS) is 12.7. The lowest BCUT2D eigenvalue weighted by Crippen LogP contribution is -2.39. The van der Waals surface area contributed by atoms with Gasteiger partial charge in [0.05, 0.1) is 17.5 Å². The van der Waals surface area contributed by atoms with Gasteiger partial charge in [-0.3, -0.25) is 19.3 Å². The molecular weight excluding hydrogens is 350 g/mol. The lowest BCUT2D eigenvalue weighted by Gasteiger charge is -2.14. The van der Waals surface area contributed by atoms with E-state index in [9.17, 15) is 19.2 Å². The van der Waals surface area contributed by atoms with Crippen LogP contribution in [-0.4, -0.2) is 46.9 Å². The Morgan fingerprint density at radius 3 is 2.07 bits per heavy atom. The zero-order chi connectivity index (χ0) is 19.4. The Labute approximate surface area is 154 Å². The van der Waals surface area contributed by atoms with Crippen LogP contribution in [0.1, 0.15) is 26.3 Å². The molecule has 8 nitrogen and oxygen atoms in total. The first kappa shape index (κ1) is 18.1. The molecule has 0 unspecified atom stereocenters. The molecule has 0 fully saturated rings. The van der Waals surface area contributed by atoms with Crippen LogP contribution >= 0.6 is 0 Å². The highest BCUT2D eigenvalue weighted by Gasteiger charge is 2.34. The van der Waals surface area contributed by atoms with Gasteiger partial charge in [0.2, 0.25) is 0 Å². The van der Waals surface area contributed by atoms with Crippen LogP contribution in [0.3, 0.4) is 0 Å². The maximum absolute atomic E-state index is 12.2. The van der Waals surface area contributed by atoms with E-state index in [1.807, 2.05) is 0 Å². The average molecular weight is 367 g/mol. The second-order valence-corrected chi connectivity index (χ2v) is 5.96. The van der Waals surface area contributed by atoms with Gasteiger partial charge in [0.1, 0.15) is 0 Å². The number of hydrogen-bond donors (Lipinski definition) is 3. The van der Waals surface area contributed by atoms with Gasteiger partial charge in [-0.2, -0.15) is 0 Å². The summed E-state index contributed by atoms with van der Waals surface area (Å²) in [7, 11) is 0. The Kier molecular flexibility index (Phi) is 5.16. The van der Waals surface area contributed by atoms with Crippen LogP contribution in [0.5, 0.6) is 0 Å². The van der Waals surface area contributed by atoms with E-state index in [2.05, 4.69) is 10.6 Å². The molecule has 3 rings (SSSR count). The van der Waals surface area contributed by atoms with E-state index in [0.29, 0.717) is 22.4 Å². The molecule has 0 aromatic heterocycles. The molecule has 0 saturated carbocycles. The number of carbonyl (C=O) groups excluding carboxylic acids is 3.